The Morgan fingerprint density at radius 2 is 1.49 bits per heavy atom. The van der Waals surface area contributed by atoms with Crippen LogP contribution in [-0.4, -0.2) is 23.3 Å². The van der Waals surface area contributed by atoms with Gasteiger partial charge in [-0.1, -0.05) is 61.0 Å². The van der Waals surface area contributed by atoms with Gasteiger partial charge in [0, 0.05) is 24.4 Å². The van der Waals surface area contributed by atoms with Gasteiger partial charge in [-0.15, -0.1) is 0 Å². The molecule has 4 aliphatic carbocycles. The van der Waals surface area contributed by atoms with E-state index < -0.39 is 0 Å². The smallest absolute Gasteiger partial charge is 0.159 e. The number of hydrogen-bond acceptors (Lipinski definition) is 3. The number of aliphatic hydroxyl groups is 1. The number of Topliss-reactive ketones (excluding diaryl/α,β-unsaturated/α-hetero) is 1. The zero-order chi connectivity index (χ0) is 26.1. The van der Waals surface area contributed by atoms with Crippen LogP contribution in [0, 0.1) is 44.3 Å². The molecule has 0 aromatic carbocycles. The predicted molar refractivity (Wildman–Crippen MR) is 143 cm³/mol. The van der Waals surface area contributed by atoms with Gasteiger partial charge in [0.05, 0.1) is 0 Å². The lowest BCUT2D eigenvalue weighted by Crippen LogP contribution is -2.60. The Morgan fingerprint density at radius 1 is 0.829 bits per heavy atom. The lowest BCUT2D eigenvalue weighted by Gasteiger charge is -2.66. The second kappa shape index (κ2) is 8.53. The van der Waals surface area contributed by atoms with E-state index in [1.54, 1.807) is 0 Å². The molecule has 4 aliphatic rings. The first-order chi connectivity index (χ1) is 16.0. The summed E-state index contributed by atoms with van der Waals surface area (Å²) in [4.78, 5) is 27.0. The number of rotatable bonds is 2. The molecule has 0 radical (unpaired) electrons. The van der Waals surface area contributed by atoms with E-state index >= 15 is 0 Å². The highest BCUT2D eigenvalue weighted by Gasteiger charge is 2.65. The van der Waals surface area contributed by atoms with Gasteiger partial charge in [0.1, 0.15) is 5.78 Å². The van der Waals surface area contributed by atoms with E-state index in [1.807, 2.05) is 0 Å². The van der Waals surface area contributed by atoms with Crippen LogP contribution in [0.3, 0.4) is 0 Å². The van der Waals surface area contributed by atoms with Crippen molar-refractivity contribution in [3.63, 3.8) is 0 Å². The standard InChI is InChI=1S/C32H52O3/c1-27(2)12-9-22-23(34)21-25-30(6)13-11-26(35)28(3,4)24(30)10-14-32(25,8)31(22,7)18-17-29(5,16-15-27)19-20-33/h21-22,24,33H,9-20H2,1-8H3/t22?,24-,29-,30-,31+,32+/m0/s1. The summed E-state index contributed by atoms with van der Waals surface area (Å²) < 4.78 is 0. The first kappa shape index (κ1) is 27.1. The van der Waals surface area contributed by atoms with E-state index in [0.717, 1.165) is 64.2 Å². The molecule has 0 saturated heterocycles. The molecule has 0 heterocycles. The predicted octanol–water partition coefficient (Wildman–Crippen LogP) is 7.70. The second-order valence-corrected chi connectivity index (χ2v) is 15.4. The molecule has 1 unspecified atom stereocenters. The maximum Gasteiger partial charge on any atom is 0.159 e. The average molecular weight is 485 g/mol. The van der Waals surface area contributed by atoms with Crippen molar-refractivity contribution in [2.24, 2.45) is 44.3 Å². The maximum atomic E-state index is 14.1. The monoisotopic (exact) mass is 484 g/mol. The van der Waals surface area contributed by atoms with E-state index in [0.29, 0.717) is 23.9 Å². The highest BCUT2D eigenvalue weighted by molar-refractivity contribution is 5.95. The SMILES string of the molecule is CC1(C)CCC2C(=O)C=C3[C@@]4(C)CCC(=O)C(C)(C)[C@@H]4CC[C@@]3(C)[C@]2(C)CC[C@@](C)(CCO)CC1. The Morgan fingerprint density at radius 3 is 2.14 bits per heavy atom. The third-order valence-corrected chi connectivity index (χ3v) is 12.5. The summed E-state index contributed by atoms with van der Waals surface area (Å²) >= 11 is 0. The topological polar surface area (TPSA) is 54.4 Å². The normalized spacial score (nSPS) is 45.6. The molecule has 35 heavy (non-hydrogen) atoms. The summed E-state index contributed by atoms with van der Waals surface area (Å²) in [6.07, 6.45) is 13.0. The zero-order valence-electron chi connectivity index (χ0n) is 24.0. The molecule has 0 bridgehead atoms. The van der Waals surface area contributed by atoms with E-state index in [1.165, 1.54) is 5.57 Å². The molecule has 0 aliphatic heterocycles. The van der Waals surface area contributed by atoms with Gasteiger partial charge in [-0.2, -0.15) is 0 Å². The molecule has 3 nitrogen and oxygen atoms in total. The van der Waals surface area contributed by atoms with Gasteiger partial charge in [0.15, 0.2) is 5.78 Å². The van der Waals surface area contributed by atoms with Crippen molar-refractivity contribution in [1.82, 2.24) is 0 Å². The molecule has 0 spiro atoms. The number of fused-ring (bicyclic) bond motifs is 5. The maximum absolute atomic E-state index is 14.1. The summed E-state index contributed by atoms with van der Waals surface area (Å²) in [5, 5.41) is 9.92. The number of carbonyl (C=O) groups is 2. The number of carbonyl (C=O) groups excluding carboxylic acids is 2. The van der Waals surface area contributed by atoms with Crippen LogP contribution in [0.2, 0.25) is 0 Å². The van der Waals surface area contributed by atoms with Gasteiger partial charge in [-0.3, -0.25) is 9.59 Å². The van der Waals surface area contributed by atoms with Crippen molar-refractivity contribution in [3.8, 4) is 0 Å². The number of aliphatic hydroxyl groups excluding tert-OH is 1. The fraction of sp³-hybridized carbons (Fsp3) is 0.875. The summed E-state index contributed by atoms with van der Waals surface area (Å²) in [5.41, 5.74) is 1.14. The molecule has 6 atom stereocenters. The van der Waals surface area contributed by atoms with Crippen LogP contribution in [0.15, 0.2) is 11.6 Å². The van der Waals surface area contributed by atoms with Crippen LogP contribution in [-0.2, 0) is 9.59 Å². The van der Waals surface area contributed by atoms with Crippen LogP contribution in [0.1, 0.15) is 126 Å². The highest BCUT2D eigenvalue weighted by Crippen LogP contribution is 2.71. The van der Waals surface area contributed by atoms with Gasteiger partial charge in [-0.25, -0.2) is 0 Å². The molecule has 3 saturated carbocycles. The number of ketones is 2. The molecule has 0 aromatic rings. The Balaban J connectivity index is 1.82. The van der Waals surface area contributed by atoms with Crippen molar-refractivity contribution in [2.75, 3.05) is 6.61 Å². The van der Waals surface area contributed by atoms with Crippen LogP contribution in [0.5, 0.6) is 0 Å². The molecule has 4 rings (SSSR count). The molecule has 0 aromatic heterocycles. The minimum absolute atomic E-state index is 0.0310. The molecular formula is C32H52O3. The lowest BCUT2D eigenvalue weighted by molar-refractivity contribution is -0.149. The van der Waals surface area contributed by atoms with E-state index in [9.17, 15) is 14.7 Å². The molecule has 3 heteroatoms. The number of hydrogen-bond donors (Lipinski definition) is 1. The minimum atomic E-state index is -0.323. The molecule has 3 fully saturated rings. The summed E-state index contributed by atoms with van der Waals surface area (Å²) in [6.45, 7) is 19.0. The third-order valence-electron chi connectivity index (χ3n) is 12.5. The Hall–Kier alpha value is -0.960. The molecule has 0 amide bonds. The first-order valence-corrected chi connectivity index (χ1v) is 14.5. The highest BCUT2D eigenvalue weighted by atomic mass is 16.3. The summed E-state index contributed by atoms with van der Waals surface area (Å²) in [5.74, 6) is 1.11. The average Bonchev–Trinajstić information content (AvgIpc) is 2.76. The van der Waals surface area contributed by atoms with Gasteiger partial charge in [0.25, 0.3) is 0 Å². The van der Waals surface area contributed by atoms with Crippen molar-refractivity contribution in [2.45, 2.75) is 126 Å². The molecular weight excluding hydrogens is 432 g/mol. The van der Waals surface area contributed by atoms with Gasteiger partial charge < -0.3 is 5.11 Å². The van der Waals surface area contributed by atoms with E-state index in [2.05, 4.69) is 61.5 Å². The van der Waals surface area contributed by atoms with E-state index in [-0.39, 0.29) is 45.0 Å². The minimum Gasteiger partial charge on any atom is -0.396 e. The van der Waals surface area contributed by atoms with Crippen molar-refractivity contribution < 1.29 is 14.7 Å². The quantitative estimate of drug-likeness (QED) is 0.437. The second-order valence-electron chi connectivity index (χ2n) is 15.4. The van der Waals surface area contributed by atoms with Crippen molar-refractivity contribution >= 4 is 11.6 Å². The van der Waals surface area contributed by atoms with Crippen LogP contribution < -0.4 is 0 Å². The fourth-order valence-electron chi connectivity index (χ4n) is 9.34. The Kier molecular flexibility index (Phi) is 6.60. The Bertz CT molecular complexity index is 912. The zero-order valence-corrected chi connectivity index (χ0v) is 24.0. The van der Waals surface area contributed by atoms with Crippen LogP contribution in [0.25, 0.3) is 0 Å². The Labute approximate surface area is 214 Å². The number of allylic oxidation sites excluding steroid dienone is 2. The largest absolute Gasteiger partial charge is 0.396 e. The van der Waals surface area contributed by atoms with Crippen LogP contribution >= 0.6 is 0 Å². The van der Waals surface area contributed by atoms with Gasteiger partial charge >= 0.3 is 0 Å². The lowest BCUT2D eigenvalue weighted by atomic mass is 9.37. The van der Waals surface area contributed by atoms with E-state index in [4.69, 9.17) is 0 Å². The summed E-state index contributed by atoms with van der Waals surface area (Å²) in [6, 6.07) is 0. The van der Waals surface area contributed by atoms with Crippen molar-refractivity contribution in [3.05, 3.63) is 11.6 Å². The first-order valence-electron chi connectivity index (χ1n) is 14.5. The molecule has 1 N–H and O–H groups in total. The van der Waals surface area contributed by atoms with Crippen LogP contribution in [0.4, 0.5) is 0 Å². The van der Waals surface area contributed by atoms with Gasteiger partial charge in [0.2, 0.25) is 0 Å². The third kappa shape index (κ3) is 4.11. The van der Waals surface area contributed by atoms with Crippen molar-refractivity contribution in [1.29, 1.82) is 0 Å². The molecule has 198 valence electrons. The fourth-order valence-corrected chi connectivity index (χ4v) is 9.34. The summed E-state index contributed by atoms with van der Waals surface area (Å²) in [7, 11) is 0. The van der Waals surface area contributed by atoms with Gasteiger partial charge in [-0.05, 0) is 103 Å².